The molecule has 3 rings (SSSR count). The maximum atomic E-state index is 13.6. The molecule has 25 heavy (non-hydrogen) atoms. The molecule has 1 unspecified atom stereocenters. The predicted molar refractivity (Wildman–Crippen MR) is 88.4 cm³/mol. The summed E-state index contributed by atoms with van der Waals surface area (Å²) in [6.07, 6.45) is 3.11. The number of halogens is 2. The zero-order valence-electron chi connectivity index (χ0n) is 14.1. The fraction of sp³-hybridized carbons (Fsp3) is 0.611. The quantitative estimate of drug-likeness (QED) is 0.841. The Labute approximate surface area is 146 Å². The first kappa shape index (κ1) is 18.1. The van der Waals surface area contributed by atoms with Gasteiger partial charge in [-0.3, -0.25) is 4.79 Å². The Morgan fingerprint density at radius 3 is 2.84 bits per heavy atom. The number of aliphatic hydroxyl groups is 1. The number of ether oxygens (including phenoxy) is 1. The van der Waals surface area contributed by atoms with Crippen LogP contribution in [-0.4, -0.2) is 54.8 Å². The van der Waals surface area contributed by atoms with Gasteiger partial charge in [0.05, 0.1) is 12.0 Å². The van der Waals surface area contributed by atoms with Crippen LogP contribution >= 0.6 is 0 Å². The molecule has 1 aromatic rings. The van der Waals surface area contributed by atoms with E-state index in [2.05, 4.69) is 10.2 Å². The second-order valence-electron chi connectivity index (χ2n) is 6.85. The monoisotopic (exact) mass is 354 g/mol. The number of hydrogen-bond acceptors (Lipinski definition) is 4. The summed E-state index contributed by atoms with van der Waals surface area (Å²) in [6.45, 7) is 2.71. The van der Waals surface area contributed by atoms with Crippen LogP contribution in [0.25, 0.3) is 0 Å². The number of β-amino-alcohol motifs (C(OH)–C–C–N with tert-alkyl or cyclic N) is 1. The maximum Gasteiger partial charge on any atom is 0.226 e. The Bertz CT molecular complexity index is 621. The first-order chi connectivity index (χ1) is 12.0. The lowest BCUT2D eigenvalue weighted by atomic mass is 9.95. The van der Waals surface area contributed by atoms with Crippen LogP contribution < -0.4 is 10.1 Å². The molecule has 2 N–H and O–H groups in total. The van der Waals surface area contributed by atoms with Gasteiger partial charge in [0, 0.05) is 24.7 Å². The lowest BCUT2D eigenvalue weighted by molar-refractivity contribution is -0.126. The summed E-state index contributed by atoms with van der Waals surface area (Å²) in [5.74, 6) is -2.19. The summed E-state index contributed by atoms with van der Waals surface area (Å²) in [4.78, 5) is 14.5. The molecule has 7 heteroatoms. The topological polar surface area (TPSA) is 61.8 Å². The first-order valence-corrected chi connectivity index (χ1v) is 8.82. The van der Waals surface area contributed by atoms with Crippen LogP contribution in [0.5, 0.6) is 5.75 Å². The highest BCUT2D eigenvalue weighted by Crippen LogP contribution is 2.31. The number of hydrogen-bond donors (Lipinski definition) is 2. The van der Waals surface area contributed by atoms with Gasteiger partial charge in [0.2, 0.25) is 5.91 Å². The number of amides is 1. The van der Waals surface area contributed by atoms with Crippen molar-refractivity contribution in [2.45, 2.75) is 31.8 Å². The molecule has 0 aromatic heterocycles. The molecular weight excluding hydrogens is 330 g/mol. The predicted octanol–water partition coefficient (Wildman–Crippen LogP) is 1.48. The highest BCUT2D eigenvalue weighted by atomic mass is 19.1. The minimum Gasteiger partial charge on any atom is -0.489 e. The Kier molecular flexibility index (Phi) is 5.86. The van der Waals surface area contributed by atoms with Gasteiger partial charge in [-0.2, -0.15) is 0 Å². The van der Waals surface area contributed by atoms with Gasteiger partial charge in [-0.1, -0.05) is 6.42 Å². The average molecular weight is 354 g/mol. The minimum atomic E-state index is -0.745. The number of aliphatic hydroxyl groups excluding tert-OH is 1. The largest absolute Gasteiger partial charge is 0.489 e. The first-order valence-electron chi connectivity index (χ1n) is 8.82. The number of nitrogens with zero attached hydrogens (tertiary/aromatic N) is 1. The average Bonchev–Trinajstić information content (AvgIpc) is 2.60. The van der Waals surface area contributed by atoms with Gasteiger partial charge in [0.15, 0.2) is 11.6 Å². The van der Waals surface area contributed by atoms with E-state index in [0.29, 0.717) is 12.1 Å². The number of rotatable bonds is 5. The fourth-order valence-electron chi connectivity index (χ4n) is 3.47. The summed E-state index contributed by atoms with van der Waals surface area (Å²) in [5.41, 5.74) is 0.359. The second-order valence-corrected chi connectivity index (χ2v) is 6.85. The molecule has 0 bridgehead atoms. The highest BCUT2D eigenvalue weighted by Gasteiger charge is 2.28. The smallest absolute Gasteiger partial charge is 0.226 e. The molecule has 1 saturated heterocycles. The molecule has 0 saturated carbocycles. The van der Waals surface area contributed by atoms with E-state index in [1.807, 2.05) is 0 Å². The molecular formula is C18H24F2N2O3. The summed E-state index contributed by atoms with van der Waals surface area (Å²) >= 11 is 0. The second kappa shape index (κ2) is 8.10. The fourth-order valence-corrected chi connectivity index (χ4v) is 3.47. The van der Waals surface area contributed by atoms with E-state index in [4.69, 9.17) is 4.74 Å². The lowest BCUT2D eigenvalue weighted by Crippen LogP contribution is -2.44. The highest BCUT2D eigenvalue weighted by molar-refractivity contribution is 5.79. The van der Waals surface area contributed by atoms with E-state index in [1.54, 1.807) is 0 Å². The molecule has 2 aliphatic rings. The Morgan fingerprint density at radius 1 is 1.32 bits per heavy atom. The van der Waals surface area contributed by atoms with Crippen molar-refractivity contribution in [1.29, 1.82) is 0 Å². The summed E-state index contributed by atoms with van der Waals surface area (Å²) < 4.78 is 32.3. The SMILES string of the molecule is O=C(NC[C@@H](O)CN1CCCCC1)C1COc2c(F)cc(F)cc2C1. The normalized spacial score (nSPS) is 22.0. The lowest BCUT2D eigenvalue weighted by Gasteiger charge is -2.29. The number of fused-ring (bicyclic) bond motifs is 1. The third-order valence-electron chi connectivity index (χ3n) is 4.78. The van der Waals surface area contributed by atoms with Gasteiger partial charge in [0.25, 0.3) is 0 Å². The van der Waals surface area contributed by atoms with Crippen LogP contribution in [0.15, 0.2) is 12.1 Å². The number of piperidine rings is 1. The van der Waals surface area contributed by atoms with Crippen LogP contribution in [0.4, 0.5) is 8.78 Å². The van der Waals surface area contributed by atoms with Crippen LogP contribution in [0.3, 0.4) is 0 Å². The van der Waals surface area contributed by atoms with E-state index >= 15 is 0 Å². The van der Waals surface area contributed by atoms with Crippen molar-refractivity contribution >= 4 is 5.91 Å². The summed E-state index contributed by atoms with van der Waals surface area (Å²) in [6, 6.07) is 1.97. The van der Waals surface area contributed by atoms with E-state index in [9.17, 15) is 18.7 Å². The van der Waals surface area contributed by atoms with Crippen LogP contribution in [0, 0.1) is 17.6 Å². The number of benzene rings is 1. The van der Waals surface area contributed by atoms with Gasteiger partial charge < -0.3 is 20.1 Å². The Hall–Kier alpha value is -1.73. The van der Waals surface area contributed by atoms with Crippen LogP contribution in [-0.2, 0) is 11.2 Å². The molecule has 0 aliphatic carbocycles. The standard InChI is InChI=1S/C18H24F2N2O3/c19-14-7-12-6-13(11-25-17(12)16(20)8-14)18(24)21-9-15(23)10-22-4-2-1-3-5-22/h7-8,13,15,23H,1-6,9-11H2,(H,21,24)/t13?,15-/m1/s1. The molecule has 1 fully saturated rings. The zero-order chi connectivity index (χ0) is 17.8. The maximum absolute atomic E-state index is 13.6. The van der Waals surface area contributed by atoms with Crippen molar-refractivity contribution in [1.82, 2.24) is 10.2 Å². The molecule has 2 atom stereocenters. The molecule has 1 aromatic carbocycles. The van der Waals surface area contributed by atoms with Gasteiger partial charge >= 0.3 is 0 Å². The Balaban J connectivity index is 1.48. The Morgan fingerprint density at radius 2 is 2.08 bits per heavy atom. The van der Waals surface area contributed by atoms with Crippen molar-refractivity contribution in [3.8, 4) is 5.75 Å². The van der Waals surface area contributed by atoms with Crippen LogP contribution in [0.1, 0.15) is 24.8 Å². The third-order valence-corrected chi connectivity index (χ3v) is 4.78. The van der Waals surface area contributed by atoms with Crippen molar-refractivity contribution in [2.24, 2.45) is 5.92 Å². The van der Waals surface area contributed by atoms with Crippen molar-refractivity contribution in [3.63, 3.8) is 0 Å². The van der Waals surface area contributed by atoms with Crippen molar-refractivity contribution in [2.75, 3.05) is 32.8 Å². The van der Waals surface area contributed by atoms with Gasteiger partial charge in [0.1, 0.15) is 12.4 Å². The summed E-state index contributed by atoms with van der Waals surface area (Å²) in [5, 5.41) is 12.8. The van der Waals surface area contributed by atoms with Gasteiger partial charge in [-0.05, 0) is 38.4 Å². The van der Waals surface area contributed by atoms with E-state index in [1.165, 1.54) is 12.5 Å². The zero-order valence-corrected chi connectivity index (χ0v) is 14.1. The number of carbonyl (C=O) groups is 1. The third kappa shape index (κ3) is 4.67. The molecule has 138 valence electrons. The van der Waals surface area contributed by atoms with E-state index in [0.717, 1.165) is 32.0 Å². The van der Waals surface area contributed by atoms with Gasteiger partial charge in [-0.15, -0.1) is 0 Å². The molecule has 0 radical (unpaired) electrons. The number of carbonyl (C=O) groups excluding carboxylic acids is 1. The number of likely N-dealkylation sites (tertiary alicyclic amines) is 1. The number of nitrogens with one attached hydrogen (secondary N) is 1. The van der Waals surface area contributed by atoms with E-state index < -0.39 is 23.7 Å². The van der Waals surface area contributed by atoms with Crippen molar-refractivity contribution in [3.05, 3.63) is 29.3 Å². The van der Waals surface area contributed by atoms with Gasteiger partial charge in [-0.25, -0.2) is 8.78 Å². The van der Waals surface area contributed by atoms with Crippen molar-refractivity contribution < 1.29 is 23.4 Å². The molecule has 1 amide bonds. The molecule has 0 spiro atoms. The van der Waals surface area contributed by atoms with Crippen LogP contribution in [0.2, 0.25) is 0 Å². The summed E-state index contributed by atoms with van der Waals surface area (Å²) in [7, 11) is 0. The molecule has 2 heterocycles. The minimum absolute atomic E-state index is 0.0237. The van der Waals surface area contributed by atoms with E-state index in [-0.39, 0.29) is 31.2 Å². The molecule has 2 aliphatic heterocycles. The molecule has 5 nitrogen and oxygen atoms in total.